The Hall–Kier alpha value is -3.46. The van der Waals surface area contributed by atoms with Crippen molar-refractivity contribution in [3.63, 3.8) is 0 Å². The van der Waals surface area contributed by atoms with Crippen molar-refractivity contribution in [2.24, 2.45) is 0 Å². The van der Waals surface area contributed by atoms with Gasteiger partial charge in [-0.15, -0.1) is 0 Å². The van der Waals surface area contributed by atoms with E-state index in [1.807, 2.05) is 13.8 Å². The topological polar surface area (TPSA) is 47.4 Å². The number of hydrogen-bond acceptors (Lipinski definition) is 4. The monoisotopic (exact) mass is 543 g/mol. The molecular formula is C30H33F4N3O2. The first-order valence-electron chi connectivity index (χ1n) is 12.9. The fourth-order valence-electron chi connectivity index (χ4n) is 5.23. The number of ether oxygens (including phenoxy) is 1. The molecule has 39 heavy (non-hydrogen) atoms. The van der Waals surface area contributed by atoms with Crippen LogP contribution in [0, 0.1) is 17.5 Å². The van der Waals surface area contributed by atoms with Crippen molar-refractivity contribution < 1.29 is 27.1 Å². The molecule has 0 spiro atoms. The summed E-state index contributed by atoms with van der Waals surface area (Å²) in [5.74, 6) is -2.96. The minimum Gasteiger partial charge on any atom is -0.466 e. The summed E-state index contributed by atoms with van der Waals surface area (Å²) in [6.45, 7) is 8.64. The van der Waals surface area contributed by atoms with E-state index >= 15 is 13.2 Å². The van der Waals surface area contributed by atoms with E-state index in [4.69, 9.17) is 0 Å². The highest BCUT2D eigenvalue weighted by Crippen LogP contribution is 2.43. The fraction of sp³-hybridized carbons (Fsp3) is 0.400. The number of rotatable bonds is 7. The first-order chi connectivity index (χ1) is 18.3. The Labute approximate surface area is 226 Å². The van der Waals surface area contributed by atoms with Crippen LogP contribution < -0.4 is 0 Å². The second-order valence-electron chi connectivity index (χ2n) is 10.7. The molecule has 0 radical (unpaired) electrons. The Bertz CT molecular complexity index is 1400. The summed E-state index contributed by atoms with van der Waals surface area (Å²) >= 11 is 0. The predicted octanol–water partition coefficient (Wildman–Crippen LogP) is 6.65. The number of nitrogens with zero attached hydrogens (tertiary/aromatic N) is 3. The van der Waals surface area contributed by atoms with Crippen molar-refractivity contribution in [2.75, 3.05) is 13.7 Å². The maximum absolute atomic E-state index is 15.8. The molecule has 2 aromatic carbocycles. The molecule has 0 fully saturated rings. The SMILES string of the molecule is CCn1cc(-c2cc3c(cc2F)C(c2c(F)cc(/C(C)=C/C(=O)OC)cc2F)N(CC(C)(C)F)C(C)C3)cn1. The van der Waals surface area contributed by atoms with Crippen molar-refractivity contribution >= 4 is 11.5 Å². The molecule has 4 rings (SSSR count). The zero-order chi connectivity index (χ0) is 28.6. The van der Waals surface area contributed by atoms with Gasteiger partial charge in [0.2, 0.25) is 0 Å². The number of hydrogen-bond donors (Lipinski definition) is 0. The molecule has 3 aromatic rings. The van der Waals surface area contributed by atoms with Crippen molar-refractivity contribution in [2.45, 2.75) is 65.3 Å². The van der Waals surface area contributed by atoms with Crippen LogP contribution in [0.3, 0.4) is 0 Å². The predicted molar refractivity (Wildman–Crippen MR) is 142 cm³/mol. The smallest absolute Gasteiger partial charge is 0.330 e. The summed E-state index contributed by atoms with van der Waals surface area (Å²) in [5, 5.41) is 4.23. The summed E-state index contributed by atoms with van der Waals surface area (Å²) in [7, 11) is 1.21. The van der Waals surface area contributed by atoms with Gasteiger partial charge in [0.05, 0.1) is 19.3 Å². The number of aromatic nitrogens is 2. The van der Waals surface area contributed by atoms with Gasteiger partial charge < -0.3 is 4.74 Å². The van der Waals surface area contributed by atoms with Crippen molar-refractivity contribution in [3.05, 3.63) is 82.4 Å². The Morgan fingerprint density at radius 2 is 1.82 bits per heavy atom. The molecule has 2 heterocycles. The molecule has 0 amide bonds. The molecule has 1 aliphatic heterocycles. The van der Waals surface area contributed by atoms with E-state index in [0.29, 0.717) is 35.2 Å². The van der Waals surface area contributed by atoms with Gasteiger partial charge in [-0.05, 0) is 87.6 Å². The van der Waals surface area contributed by atoms with E-state index < -0.39 is 35.1 Å². The van der Waals surface area contributed by atoms with Crippen LogP contribution in [0.2, 0.25) is 0 Å². The third-order valence-electron chi connectivity index (χ3n) is 7.11. The number of allylic oxidation sites excluding steroid dienone is 1. The molecule has 0 N–H and O–H groups in total. The van der Waals surface area contributed by atoms with Crippen molar-refractivity contribution in [3.8, 4) is 11.1 Å². The lowest BCUT2D eigenvalue weighted by Gasteiger charge is -2.44. The number of aryl methyl sites for hydroxylation is 1. The molecular weight excluding hydrogens is 510 g/mol. The van der Waals surface area contributed by atoms with Crippen LogP contribution in [0.4, 0.5) is 17.6 Å². The molecule has 0 bridgehead atoms. The summed E-state index contributed by atoms with van der Waals surface area (Å²) in [5.41, 5.74) is 0.557. The third kappa shape index (κ3) is 5.93. The van der Waals surface area contributed by atoms with Crippen molar-refractivity contribution in [1.29, 1.82) is 0 Å². The van der Waals surface area contributed by atoms with Crippen LogP contribution in [0.5, 0.6) is 0 Å². The Kier molecular flexibility index (Phi) is 8.02. The molecule has 2 atom stereocenters. The Morgan fingerprint density at radius 3 is 2.38 bits per heavy atom. The van der Waals surface area contributed by atoms with Crippen LogP contribution in [0.1, 0.15) is 62.9 Å². The van der Waals surface area contributed by atoms with E-state index in [1.165, 1.54) is 33.9 Å². The average Bonchev–Trinajstić information content (AvgIpc) is 3.33. The number of alkyl halides is 1. The minimum absolute atomic E-state index is 0.118. The summed E-state index contributed by atoms with van der Waals surface area (Å²) in [4.78, 5) is 13.3. The third-order valence-corrected chi connectivity index (χ3v) is 7.11. The normalized spacial score (nSPS) is 18.3. The number of halogens is 4. The number of fused-ring (bicyclic) bond motifs is 1. The van der Waals surface area contributed by atoms with Crippen LogP contribution in [-0.2, 0) is 22.5 Å². The molecule has 0 aliphatic carbocycles. The molecule has 0 saturated carbocycles. The zero-order valence-electron chi connectivity index (χ0n) is 23.0. The first kappa shape index (κ1) is 28.5. The van der Waals surface area contributed by atoms with E-state index in [1.54, 1.807) is 28.0 Å². The molecule has 2 unspecified atom stereocenters. The highest BCUT2D eigenvalue weighted by Gasteiger charge is 2.40. The van der Waals surface area contributed by atoms with Gasteiger partial charge >= 0.3 is 5.97 Å². The summed E-state index contributed by atoms with van der Waals surface area (Å²) in [6.07, 6.45) is 4.91. The highest BCUT2D eigenvalue weighted by atomic mass is 19.1. The van der Waals surface area contributed by atoms with Gasteiger partial charge in [-0.2, -0.15) is 5.10 Å². The van der Waals surface area contributed by atoms with Gasteiger partial charge in [-0.3, -0.25) is 9.58 Å². The van der Waals surface area contributed by atoms with E-state index in [-0.39, 0.29) is 23.7 Å². The lowest BCUT2D eigenvalue weighted by atomic mass is 9.82. The molecule has 208 valence electrons. The van der Waals surface area contributed by atoms with Gasteiger partial charge in [0.15, 0.2) is 0 Å². The second kappa shape index (κ2) is 11.0. The lowest BCUT2D eigenvalue weighted by Crippen LogP contribution is -2.48. The quantitative estimate of drug-likeness (QED) is 0.190. The number of methoxy groups -OCH3 is 1. The average molecular weight is 544 g/mol. The lowest BCUT2D eigenvalue weighted by molar-refractivity contribution is -0.134. The van der Waals surface area contributed by atoms with E-state index in [9.17, 15) is 9.18 Å². The van der Waals surface area contributed by atoms with Gasteiger partial charge in [0.25, 0.3) is 0 Å². The number of benzene rings is 2. The van der Waals surface area contributed by atoms with Crippen LogP contribution in [-0.4, -0.2) is 46.0 Å². The Balaban J connectivity index is 1.89. The van der Waals surface area contributed by atoms with Crippen molar-refractivity contribution in [1.82, 2.24) is 14.7 Å². The minimum atomic E-state index is -1.68. The largest absolute Gasteiger partial charge is 0.466 e. The van der Waals surface area contributed by atoms with E-state index in [0.717, 1.165) is 23.8 Å². The van der Waals surface area contributed by atoms with Crippen LogP contribution in [0.15, 0.2) is 42.7 Å². The van der Waals surface area contributed by atoms with Gasteiger partial charge in [-0.1, -0.05) is 0 Å². The maximum atomic E-state index is 15.8. The van der Waals surface area contributed by atoms with Gasteiger partial charge in [0.1, 0.15) is 23.1 Å². The number of carbonyl (C=O) groups excluding carboxylic acids is 1. The van der Waals surface area contributed by atoms with E-state index in [2.05, 4.69) is 9.84 Å². The fourth-order valence-corrected chi connectivity index (χ4v) is 5.23. The summed E-state index contributed by atoms with van der Waals surface area (Å²) < 4.78 is 68.4. The van der Waals surface area contributed by atoms with Crippen LogP contribution >= 0.6 is 0 Å². The zero-order valence-corrected chi connectivity index (χ0v) is 23.0. The number of esters is 1. The molecule has 5 nitrogen and oxygen atoms in total. The van der Waals surface area contributed by atoms with Crippen LogP contribution in [0.25, 0.3) is 16.7 Å². The standard InChI is InChI=1S/C30H33F4N3O2/c1-7-36-15-21(14-35-36)22-10-20-9-18(3)37(16-30(4,5)34)29(23(20)13-24(22)31)28-25(32)11-19(12-26(28)33)17(2)8-27(38)39-6/h8,10-15,18,29H,7,9,16H2,1-6H3/b17-8+. The molecule has 0 saturated heterocycles. The van der Waals surface area contributed by atoms with Gasteiger partial charge in [-0.25, -0.2) is 22.4 Å². The highest BCUT2D eigenvalue weighted by molar-refractivity contribution is 5.90. The first-order valence-corrected chi connectivity index (χ1v) is 12.9. The molecule has 1 aliphatic rings. The van der Waals surface area contributed by atoms with Gasteiger partial charge in [0, 0.05) is 48.1 Å². The molecule has 1 aromatic heterocycles. The Morgan fingerprint density at radius 1 is 1.15 bits per heavy atom. The summed E-state index contributed by atoms with van der Waals surface area (Å²) in [6, 6.07) is 3.91. The maximum Gasteiger partial charge on any atom is 0.330 e. The number of carbonyl (C=O) groups is 1. The second-order valence-corrected chi connectivity index (χ2v) is 10.7. The molecule has 9 heteroatoms.